The lowest BCUT2D eigenvalue weighted by molar-refractivity contribution is 0.0296. The van der Waals surface area contributed by atoms with Crippen molar-refractivity contribution in [3.63, 3.8) is 0 Å². The monoisotopic (exact) mass is 194 g/mol. The van der Waals surface area contributed by atoms with Crippen LogP contribution in [0.5, 0.6) is 11.5 Å². The van der Waals surface area contributed by atoms with E-state index in [0.717, 1.165) is 0 Å². The maximum Gasteiger partial charge on any atom is 0.342 e. The zero-order valence-corrected chi connectivity index (χ0v) is 7.65. The Kier molecular flexibility index (Phi) is 1.84. The number of hydrogen-bond acceptors (Lipinski definition) is 4. The maximum atomic E-state index is 11.4. The predicted molar refractivity (Wildman–Crippen MR) is 48.4 cm³/mol. The van der Waals surface area contributed by atoms with Crippen LogP contribution in [0.15, 0.2) is 12.1 Å². The molecule has 2 rings (SSSR count). The molecular formula is C10H10O4. The normalized spacial score (nSPS) is 20.1. The molecule has 0 aliphatic carbocycles. The van der Waals surface area contributed by atoms with Crippen molar-refractivity contribution >= 4 is 5.97 Å². The molecule has 0 fully saturated rings. The van der Waals surface area contributed by atoms with E-state index in [1.54, 1.807) is 13.0 Å². The average molecular weight is 194 g/mol. The van der Waals surface area contributed by atoms with Gasteiger partial charge in [-0.3, -0.25) is 0 Å². The van der Waals surface area contributed by atoms with E-state index in [9.17, 15) is 15.0 Å². The van der Waals surface area contributed by atoms with E-state index in [1.165, 1.54) is 6.07 Å². The van der Waals surface area contributed by atoms with Crippen molar-refractivity contribution in [1.29, 1.82) is 0 Å². The van der Waals surface area contributed by atoms with Gasteiger partial charge in [-0.1, -0.05) is 6.07 Å². The lowest BCUT2D eigenvalue weighted by atomic mass is 9.98. The summed E-state index contributed by atoms with van der Waals surface area (Å²) in [7, 11) is 0. The average Bonchev–Trinajstić information content (AvgIpc) is 2.10. The van der Waals surface area contributed by atoms with Crippen molar-refractivity contribution in [1.82, 2.24) is 0 Å². The zero-order valence-electron chi connectivity index (χ0n) is 7.65. The van der Waals surface area contributed by atoms with Crippen molar-refractivity contribution in [3.8, 4) is 11.5 Å². The number of esters is 1. The fraction of sp³-hybridized carbons (Fsp3) is 0.300. The van der Waals surface area contributed by atoms with Gasteiger partial charge in [0.05, 0.1) is 0 Å². The van der Waals surface area contributed by atoms with Crippen molar-refractivity contribution in [2.45, 2.75) is 19.4 Å². The molecule has 1 aromatic carbocycles. The highest BCUT2D eigenvalue weighted by Crippen LogP contribution is 2.34. The third-order valence-corrected chi connectivity index (χ3v) is 2.26. The molecule has 0 amide bonds. The van der Waals surface area contributed by atoms with Gasteiger partial charge >= 0.3 is 5.97 Å². The van der Waals surface area contributed by atoms with E-state index < -0.39 is 5.97 Å². The zero-order chi connectivity index (χ0) is 10.3. The van der Waals surface area contributed by atoms with E-state index in [-0.39, 0.29) is 23.2 Å². The number of aromatic hydroxyl groups is 2. The molecule has 0 aromatic heterocycles. The number of cyclic esters (lactones) is 1. The molecular weight excluding hydrogens is 184 g/mol. The lowest BCUT2D eigenvalue weighted by Gasteiger charge is -2.22. The lowest BCUT2D eigenvalue weighted by Crippen LogP contribution is -2.25. The summed E-state index contributed by atoms with van der Waals surface area (Å²) in [5.74, 6) is -1.26. The topological polar surface area (TPSA) is 66.8 Å². The van der Waals surface area contributed by atoms with Crippen LogP contribution in [0.2, 0.25) is 0 Å². The van der Waals surface area contributed by atoms with Crippen LogP contribution in [0.4, 0.5) is 0 Å². The van der Waals surface area contributed by atoms with Crippen molar-refractivity contribution < 1.29 is 19.7 Å². The van der Waals surface area contributed by atoms with E-state index in [1.807, 2.05) is 0 Å². The van der Waals surface area contributed by atoms with Crippen LogP contribution in [0.3, 0.4) is 0 Å². The third kappa shape index (κ3) is 1.19. The Balaban J connectivity index is 2.60. The number of phenolic OH excluding ortho intramolecular Hbond substituents is 2. The minimum absolute atomic E-state index is 0.0862. The van der Waals surface area contributed by atoms with Crippen LogP contribution >= 0.6 is 0 Å². The Hall–Kier alpha value is -1.71. The highest BCUT2D eigenvalue weighted by molar-refractivity contribution is 5.96. The largest absolute Gasteiger partial charge is 0.504 e. The minimum Gasteiger partial charge on any atom is -0.504 e. The molecule has 0 saturated heterocycles. The molecule has 1 aliphatic rings. The molecule has 4 nitrogen and oxygen atoms in total. The first-order valence-electron chi connectivity index (χ1n) is 4.34. The molecule has 1 heterocycles. The van der Waals surface area contributed by atoms with Gasteiger partial charge in [0.15, 0.2) is 11.5 Å². The molecule has 0 radical (unpaired) electrons. The Morgan fingerprint density at radius 3 is 2.86 bits per heavy atom. The molecule has 14 heavy (non-hydrogen) atoms. The van der Waals surface area contributed by atoms with E-state index >= 15 is 0 Å². The van der Waals surface area contributed by atoms with Gasteiger partial charge in [0.2, 0.25) is 0 Å². The predicted octanol–water partition coefficient (Wildman–Crippen LogP) is 1.20. The fourth-order valence-corrected chi connectivity index (χ4v) is 1.61. The first kappa shape index (κ1) is 8.87. The van der Waals surface area contributed by atoms with Gasteiger partial charge in [0.25, 0.3) is 0 Å². The quantitative estimate of drug-likeness (QED) is 0.481. The summed E-state index contributed by atoms with van der Waals surface area (Å²) in [6.07, 6.45) is 0.383. The maximum absolute atomic E-state index is 11.4. The molecule has 2 N–H and O–H groups in total. The summed E-state index contributed by atoms with van der Waals surface area (Å²) in [4.78, 5) is 11.4. The highest BCUT2D eigenvalue weighted by Gasteiger charge is 2.27. The molecule has 0 bridgehead atoms. The minimum atomic E-state index is -0.577. The molecule has 0 saturated carbocycles. The smallest absolute Gasteiger partial charge is 0.342 e. The number of rotatable bonds is 0. The number of ether oxygens (including phenoxy) is 1. The van der Waals surface area contributed by atoms with Gasteiger partial charge in [0.1, 0.15) is 11.7 Å². The molecule has 4 heteroatoms. The van der Waals surface area contributed by atoms with Crippen molar-refractivity contribution in [3.05, 3.63) is 23.3 Å². The Morgan fingerprint density at radius 2 is 2.14 bits per heavy atom. The van der Waals surface area contributed by atoms with Crippen LogP contribution in [0, 0.1) is 0 Å². The van der Waals surface area contributed by atoms with Crippen molar-refractivity contribution in [2.75, 3.05) is 0 Å². The van der Waals surface area contributed by atoms with Crippen LogP contribution < -0.4 is 0 Å². The second-order valence-corrected chi connectivity index (χ2v) is 3.39. The summed E-state index contributed by atoms with van der Waals surface area (Å²) < 4.78 is 4.94. The number of phenols is 2. The molecule has 1 atom stereocenters. The molecule has 74 valence electrons. The van der Waals surface area contributed by atoms with Gasteiger partial charge in [-0.2, -0.15) is 0 Å². The van der Waals surface area contributed by atoms with Crippen LogP contribution in [0.25, 0.3) is 0 Å². The Bertz CT molecular complexity index is 397. The molecule has 1 aromatic rings. The Morgan fingerprint density at radius 1 is 1.43 bits per heavy atom. The SMILES string of the molecule is C[C@@H]1Cc2ccc(O)c(O)c2C(=O)O1. The van der Waals surface area contributed by atoms with Gasteiger partial charge in [-0.05, 0) is 18.6 Å². The van der Waals surface area contributed by atoms with E-state index in [0.29, 0.717) is 12.0 Å². The summed E-state index contributed by atoms with van der Waals surface area (Å²) in [6.45, 7) is 1.78. The number of hydrogen-bond donors (Lipinski definition) is 2. The Labute approximate surface area is 80.7 Å². The number of fused-ring (bicyclic) bond motifs is 1. The van der Waals surface area contributed by atoms with Gasteiger partial charge in [0, 0.05) is 6.42 Å². The fourth-order valence-electron chi connectivity index (χ4n) is 1.61. The van der Waals surface area contributed by atoms with Crippen LogP contribution in [-0.2, 0) is 11.2 Å². The first-order valence-corrected chi connectivity index (χ1v) is 4.34. The summed E-state index contributed by atoms with van der Waals surface area (Å²) in [5, 5.41) is 18.7. The van der Waals surface area contributed by atoms with Crippen LogP contribution in [-0.4, -0.2) is 22.3 Å². The highest BCUT2D eigenvalue weighted by atomic mass is 16.5. The molecule has 0 unspecified atom stereocenters. The van der Waals surface area contributed by atoms with E-state index in [4.69, 9.17) is 4.74 Å². The number of carbonyl (C=O) groups excluding carboxylic acids is 1. The second kappa shape index (κ2) is 2.90. The third-order valence-electron chi connectivity index (χ3n) is 2.26. The molecule has 0 spiro atoms. The van der Waals surface area contributed by atoms with Gasteiger partial charge in [-0.15, -0.1) is 0 Å². The van der Waals surface area contributed by atoms with Crippen LogP contribution in [0.1, 0.15) is 22.8 Å². The van der Waals surface area contributed by atoms with Gasteiger partial charge in [-0.25, -0.2) is 4.79 Å². The summed E-state index contributed by atoms with van der Waals surface area (Å²) in [5.41, 5.74) is 0.798. The second-order valence-electron chi connectivity index (χ2n) is 3.39. The standard InChI is InChI=1S/C10H10O4/c1-5-4-6-2-3-7(11)9(12)8(6)10(13)14-5/h2-3,5,11-12H,4H2,1H3/t5-/m1/s1. The van der Waals surface area contributed by atoms with E-state index in [2.05, 4.69) is 0 Å². The number of benzene rings is 1. The van der Waals surface area contributed by atoms with Gasteiger partial charge < -0.3 is 14.9 Å². The van der Waals surface area contributed by atoms with Crippen molar-refractivity contribution in [2.24, 2.45) is 0 Å². The summed E-state index contributed by atoms with van der Waals surface area (Å²) >= 11 is 0. The number of carbonyl (C=O) groups is 1. The first-order chi connectivity index (χ1) is 6.59. The summed E-state index contributed by atoms with van der Waals surface area (Å²) in [6, 6.07) is 3.00. The molecule has 1 aliphatic heterocycles.